The summed E-state index contributed by atoms with van der Waals surface area (Å²) in [6, 6.07) is 13.7. The van der Waals surface area contributed by atoms with Crippen LogP contribution < -0.4 is 5.32 Å². The molecule has 6 heteroatoms. The van der Waals surface area contributed by atoms with Gasteiger partial charge in [-0.1, -0.05) is 53.8 Å². The zero-order valence-electron chi connectivity index (χ0n) is 13.3. The summed E-state index contributed by atoms with van der Waals surface area (Å²) in [5.41, 5.74) is 1.47. The van der Waals surface area contributed by atoms with E-state index in [1.54, 1.807) is 0 Å². The van der Waals surface area contributed by atoms with E-state index in [-0.39, 0.29) is 12.2 Å². The van der Waals surface area contributed by atoms with Crippen molar-refractivity contribution in [2.75, 3.05) is 6.54 Å². The summed E-state index contributed by atoms with van der Waals surface area (Å²) in [5, 5.41) is 11.9. The lowest BCUT2D eigenvalue weighted by molar-refractivity contribution is 0.0696. The Bertz CT molecular complexity index is 809. The molecular weight excluding hydrogens is 342 g/mol. The Morgan fingerprint density at radius 2 is 1.92 bits per heavy atom. The van der Waals surface area contributed by atoms with Gasteiger partial charge in [-0.15, -0.1) is 0 Å². The molecule has 2 aromatic carbocycles. The van der Waals surface area contributed by atoms with Gasteiger partial charge in [-0.3, -0.25) is 0 Å². The van der Waals surface area contributed by atoms with E-state index < -0.39 is 12.1 Å². The maximum absolute atomic E-state index is 11.6. The number of hydrogen-bond donors (Lipinski definition) is 2. The minimum absolute atomic E-state index is 0.122. The Kier molecular flexibility index (Phi) is 6.87. The molecule has 1 amide bonds. The van der Waals surface area contributed by atoms with Crippen molar-refractivity contribution in [1.82, 2.24) is 5.32 Å². The molecule has 0 radical (unpaired) electrons. The highest BCUT2D eigenvalue weighted by Gasteiger charge is 2.05. The molecule has 0 spiro atoms. The number of nitrogens with one attached hydrogen (secondary N) is 1. The molecule has 128 valence electrons. The Morgan fingerprint density at radius 3 is 2.64 bits per heavy atom. The molecule has 5 nitrogen and oxygen atoms in total. The molecular formula is C19H16ClNO4. The Hall–Kier alpha value is -2.97. The van der Waals surface area contributed by atoms with E-state index in [0.29, 0.717) is 23.6 Å². The monoisotopic (exact) mass is 357 g/mol. The maximum Gasteiger partial charge on any atom is 0.407 e. The summed E-state index contributed by atoms with van der Waals surface area (Å²) in [7, 11) is 0. The lowest BCUT2D eigenvalue weighted by Crippen LogP contribution is -2.24. The number of alkyl carbamates (subject to hydrolysis) is 1. The molecule has 0 saturated heterocycles. The second-order valence-corrected chi connectivity index (χ2v) is 5.45. The largest absolute Gasteiger partial charge is 0.478 e. The number of carbonyl (C=O) groups excluding carboxylic acids is 1. The van der Waals surface area contributed by atoms with E-state index in [1.165, 1.54) is 18.2 Å². The third kappa shape index (κ3) is 6.21. The van der Waals surface area contributed by atoms with Gasteiger partial charge >= 0.3 is 12.1 Å². The van der Waals surface area contributed by atoms with Crippen molar-refractivity contribution in [2.45, 2.75) is 13.0 Å². The average Bonchev–Trinajstić information content (AvgIpc) is 2.61. The normalized spacial score (nSPS) is 9.64. The minimum atomic E-state index is -1.04. The van der Waals surface area contributed by atoms with E-state index in [0.717, 1.165) is 5.56 Å². The molecule has 0 aliphatic carbocycles. The summed E-state index contributed by atoms with van der Waals surface area (Å²) in [5.74, 6) is 4.60. The second kappa shape index (κ2) is 9.36. The van der Waals surface area contributed by atoms with Gasteiger partial charge in [0.15, 0.2) is 0 Å². The van der Waals surface area contributed by atoms with Gasteiger partial charge in [-0.05, 0) is 23.8 Å². The molecule has 0 aliphatic rings. The Labute approximate surface area is 150 Å². The minimum Gasteiger partial charge on any atom is -0.478 e. The molecule has 2 aromatic rings. The fourth-order valence-corrected chi connectivity index (χ4v) is 2.08. The van der Waals surface area contributed by atoms with Gasteiger partial charge in [-0.25, -0.2) is 9.59 Å². The number of hydrogen-bond acceptors (Lipinski definition) is 3. The quantitative estimate of drug-likeness (QED) is 0.632. The van der Waals surface area contributed by atoms with Crippen LogP contribution in [0.5, 0.6) is 0 Å². The van der Waals surface area contributed by atoms with Gasteiger partial charge in [0.25, 0.3) is 0 Å². The average molecular weight is 358 g/mol. The molecule has 0 aliphatic heterocycles. The molecule has 0 heterocycles. The molecule has 2 rings (SSSR count). The van der Waals surface area contributed by atoms with Crippen molar-refractivity contribution < 1.29 is 19.4 Å². The van der Waals surface area contributed by atoms with Crippen LogP contribution >= 0.6 is 11.6 Å². The molecule has 0 aromatic heterocycles. The van der Waals surface area contributed by atoms with Crippen LogP contribution in [0.15, 0.2) is 48.5 Å². The number of carbonyl (C=O) groups is 2. The maximum atomic E-state index is 11.6. The molecule has 0 atom stereocenters. The third-order valence-electron chi connectivity index (χ3n) is 3.17. The predicted molar refractivity (Wildman–Crippen MR) is 94.5 cm³/mol. The van der Waals surface area contributed by atoms with Crippen LogP contribution in [0.2, 0.25) is 5.02 Å². The first kappa shape index (κ1) is 18.4. The standard InChI is InChI=1S/C19H16ClNO4/c20-17-10-9-16(18(22)23)12-15(17)8-4-5-11-21-19(24)25-13-14-6-2-1-3-7-14/h1-3,6-7,9-10,12H,5,11,13H2,(H,21,24)(H,22,23). The molecule has 0 bridgehead atoms. The third-order valence-corrected chi connectivity index (χ3v) is 3.50. The van der Waals surface area contributed by atoms with Gasteiger partial charge in [0, 0.05) is 18.5 Å². The highest BCUT2D eigenvalue weighted by atomic mass is 35.5. The van der Waals surface area contributed by atoms with Crippen molar-refractivity contribution in [1.29, 1.82) is 0 Å². The number of halogens is 1. The summed E-state index contributed by atoms with van der Waals surface area (Å²) in [6.07, 6.45) is -0.134. The van der Waals surface area contributed by atoms with Crippen molar-refractivity contribution in [3.05, 3.63) is 70.2 Å². The van der Waals surface area contributed by atoms with Gasteiger partial charge in [0.2, 0.25) is 0 Å². The molecule has 2 N–H and O–H groups in total. The first-order chi connectivity index (χ1) is 12.1. The lowest BCUT2D eigenvalue weighted by Gasteiger charge is -2.05. The highest BCUT2D eigenvalue weighted by Crippen LogP contribution is 2.16. The lowest BCUT2D eigenvalue weighted by atomic mass is 10.1. The molecule has 0 saturated carbocycles. The predicted octanol–water partition coefficient (Wildman–Crippen LogP) is 3.71. The summed E-state index contributed by atoms with van der Waals surface area (Å²) >= 11 is 5.98. The van der Waals surface area contributed by atoms with Crippen LogP contribution in [0.3, 0.4) is 0 Å². The summed E-state index contributed by atoms with van der Waals surface area (Å²) < 4.78 is 5.07. The highest BCUT2D eigenvalue weighted by molar-refractivity contribution is 6.31. The molecule has 0 fully saturated rings. The zero-order valence-corrected chi connectivity index (χ0v) is 14.0. The number of amides is 1. The Balaban J connectivity index is 1.76. The molecule has 25 heavy (non-hydrogen) atoms. The van der Waals surface area contributed by atoms with Gasteiger partial charge in [0.05, 0.1) is 10.6 Å². The SMILES string of the molecule is O=C(NCCC#Cc1cc(C(=O)O)ccc1Cl)OCc1ccccc1. The first-order valence-electron chi connectivity index (χ1n) is 7.52. The van der Waals surface area contributed by atoms with Crippen LogP contribution in [0.1, 0.15) is 27.9 Å². The fourth-order valence-electron chi connectivity index (χ4n) is 1.91. The fraction of sp³-hybridized carbons (Fsp3) is 0.158. The van der Waals surface area contributed by atoms with Crippen LogP contribution in [-0.4, -0.2) is 23.7 Å². The van der Waals surface area contributed by atoms with Crippen LogP contribution in [-0.2, 0) is 11.3 Å². The van der Waals surface area contributed by atoms with E-state index in [2.05, 4.69) is 17.2 Å². The van der Waals surface area contributed by atoms with Crippen molar-refractivity contribution in [3.8, 4) is 11.8 Å². The Morgan fingerprint density at radius 1 is 1.16 bits per heavy atom. The van der Waals surface area contributed by atoms with Crippen molar-refractivity contribution in [3.63, 3.8) is 0 Å². The van der Waals surface area contributed by atoms with Gasteiger partial charge in [0.1, 0.15) is 6.61 Å². The van der Waals surface area contributed by atoms with Crippen LogP contribution in [0.25, 0.3) is 0 Å². The van der Waals surface area contributed by atoms with E-state index >= 15 is 0 Å². The van der Waals surface area contributed by atoms with Crippen LogP contribution in [0.4, 0.5) is 4.79 Å². The smallest absolute Gasteiger partial charge is 0.407 e. The number of carboxylic acids is 1. The number of rotatable bonds is 5. The molecule has 0 unspecified atom stereocenters. The second-order valence-electron chi connectivity index (χ2n) is 5.04. The van der Waals surface area contributed by atoms with E-state index in [9.17, 15) is 9.59 Å². The first-order valence-corrected chi connectivity index (χ1v) is 7.90. The summed E-state index contributed by atoms with van der Waals surface area (Å²) in [4.78, 5) is 22.5. The zero-order chi connectivity index (χ0) is 18.1. The number of ether oxygens (including phenoxy) is 1. The number of benzene rings is 2. The van der Waals surface area contributed by atoms with Crippen molar-refractivity contribution >= 4 is 23.7 Å². The van der Waals surface area contributed by atoms with E-state index in [1.807, 2.05) is 30.3 Å². The number of aromatic carboxylic acids is 1. The van der Waals surface area contributed by atoms with Gasteiger partial charge in [-0.2, -0.15) is 0 Å². The van der Waals surface area contributed by atoms with E-state index in [4.69, 9.17) is 21.4 Å². The van der Waals surface area contributed by atoms with Gasteiger partial charge < -0.3 is 15.2 Å². The topological polar surface area (TPSA) is 75.6 Å². The van der Waals surface area contributed by atoms with Crippen molar-refractivity contribution in [2.24, 2.45) is 0 Å². The van der Waals surface area contributed by atoms with Crippen LogP contribution in [0, 0.1) is 11.8 Å². The summed E-state index contributed by atoms with van der Waals surface area (Å²) in [6.45, 7) is 0.521. The number of carboxylic acid groups (broad SMARTS) is 1.